The number of benzene rings is 1. The molecule has 1 aromatic carbocycles. The van der Waals surface area contributed by atoms with Gasteiger partial charge in [0.2, 0.25) is 0 Å². The van der Waals surface area contributed by atoms with Gasteiger partial charge in [-0.3, -0.25) is 4.79 Å². The first kappa shape index (κ1) is 15.9. The molecule has 0 spiro atoms. The Morgan fingerprint density at radius 3 is 3.00 bits per heavy atom. The van der Waals surface area contributed by atoms with Crippen molar-refractivity contribution in [3.8, 4) is 0 Å². The number of nitrogens with two attached hydrogens (primary N) is 1. The Bertz CT molecular complexity index is 609. The summed E-state index contributed by atoms with van der Waals surface area (Å²) in [7, 11) is 0. The van der Waals surface area contributed by atoms with Gasteiger partial charge in [-0.1, -0.05) is 18.2 Å². The molecule has 1 aliphatic heterocycles. The Balaban J connectivity index is 0.00000161. The van der Waals surface area contributed by atoms with Crippen molar-refractivity contribution >= 4 is 29.3 Å². The summed E-state index contributed by atoms with van der Waals surface area (Å²) >= 11 is 0. The van der Waals surface area contributed by atoms with Gasteiger partial charge in [0.1, 0.15) is 11.8 Å². The number of piperidine rings is 1. The van der Waals surface area contributed by atoms with Crippen molar-refractivity contribution in [1.82, 2.24) is 4.90 Å². The van der Waals surface area contributed by atoms with E-state index in [9.17, 15) is 4.79 Å². The van der Waals surface area contributed by atoms with Crippen LogP contribution in [0.25, 0.3) is 11.0 Å². The average molecular weight is 309 g/mol. The van der Waals surface area contributed by atoms with Gasteiger partial charge in [-0.25, -0.2) is 0 Å². The van der Waals surface area contributed by atoms with E-state index in [0.717, 1.165) is 36.9 Å². The average Bonchev–Trinajstić information content (AvgIpc) is 2.91. The normalized spacial score (nSPS) is 18.5. The van der Waals surface area contributed by atoms with Gasteiger partial charge in [-0.2, -0.15) is 0 Å². The van der Waals surface area contributed by atoms with Crippen LogP contribution in [-0.4, -0.2) is 30.4 Å². The molecule has 1 amide bonds. The number of rotatable bonds is 3. The zero-order chi connectivity index (χ0) is 13.9. The molecule has 1 saturated heterocycles. The summed E-state index contributed by atoms with van der Waals surface area (Å²) in [5.41, 5.74) is 7.08. The molecule has 21 heavy (non-hydrogen) atoms. The first-order chi connectivity index (χ1) is 9.79. The number of para-hydroxylation sites is 1. The van der Waals surface area contributed by atoms with Gasteiger partial charge in [0, 0.05) is 18.5 Å². The lowest BCUT2D eigenvalue weighted by molar-refractivity contribution is 0.0670. The van der Waals surface area contributed by atoms with Gasteiger partial charge in [0.05, 0.1) is 5.56 Å². The Labute approximate surface area is 130 Å². The predicted octanol–water partition coefficient (Wildman–Crippen LogP) is 3.06. The topological polar surface area (TPSA) is 59.5 Å². The third-order valence-corrected chi connectivity index (χ3v) is 4.09. The number of carbonyl (C=O) groups excluding carboxylic acids is 1. The number of nitrogens with zero attached hydrogens (tertiary/aromatic N) is 1. The number of hydrogen-bond acceptors (Lipinski definition) is 3. The first-order valence-corrected chi connectivity index (χ1v) is 7.25. The molecule has 2 N–H and O–H groups in total. The number of halogens is 1. The summed E-state index contributed by atoms with van der Waals surface area (Å²) in [6.45, 7) is 2.34. The van der Waals surface area contributed by atoms with Crippen LogP contribution in [0.4, 0.5) is 0 Å². The van der Waals surface area contributed by atoms with E-state index in [-0.39, 0.29) is 18.3 Å². The molecule has 2 heterocycles. The molecule has 0 bridgehead atoms. The van der Waals surface area contributed by atoms with E-state index in [0.29, 0.717) is 18.0 Å². The monoisotopic (exact) mass is 308 g/mol. The number of fused-ring (bicyclic) bond motifs is 1. The largest absolute Gasteiger partial charge is 0.463 e. The van der Waals surface area contributed by atoms with Gasteiger partial charge >= 0.3 is 0 Å². The second kappa shape index (κ2) is 6.96. The molecule has 1 fully saturated rings. The molecular formula is C16H21ClN2O2. The number of likely N-dealkylation sites (tertiary alicyclic amines) is 1. The quantitative estimate of drug-likeness (QED) is 0.948. The minimum Gasteiger partial charge on any atom is -0.463 e. The van der Waals surface area contributed by atoms with Crippen molar-refractivity contribution in [3.63, 3.8) is 0 Å². The van der Waals surface area contributed by atoms with Crippen LogP contribution in [0.5, 0.6) is 0 Å². The van der Waals surface area contributed by atoms with Crippen molar-refractivity contribution in [1.29, 1.82) is 0 Å². The standard InChI is InChI=1S/C16H20N2O2.ClH/c17-8-7-12-4-3-9-18(10-12)16(19)14-11-20-15-6-2-1-5-13(14)15;/h1-2,5-6,11-12H,3-4,7-10,17H2;1H. The van der Waals surface area contributed by atoms with Crippen LogP contribution in [0, 0.1) is 5.92 Å². The fraction of sp³-hybridized carbons (Fsp3) is 0.438. The summed E-state index contributed by atoms with van der Waals surface area (Å²) in [6, 6.07) is 7.67. The van der Waals surface area contributed by atoms with Crippen LogP contribution >= 0.6 is 12.4 Å². The number of hydrogen-bond donors (Lipinski definition) is 1. The second-order valence-electron chi connectivity index (χ2n) is 5.48. The van der Waals surface area contributed by atoms with Crippen molar-refractivity contribution in [2.24, 2.45) is 11.7 Å². The minimum atomic E-state index is 0. The van der Waals surface area contributed by atoms with Crippen molar-refractivity contribution in [3.05, 3.63) is 36.1 Å². The minimum absolute atomic E-state index is 0. The van der Waals surface area contributed by atoms with E-state index in [4.69, 9.17) is 10.2 Å². The van der Waals surface area contributed by atoms with Crippen LogP contribution in [-0.2, 0) is 0 Å². The van der Waals surface area contributed by atoms with Gasteiger partial charge < -0.3 is 15.1 Å². The van der Waals surface area contributed by atoms with Gasteiger partial charge in [-0.05, 0) is 37.8 Å². The molecule has 114 valence electrons. The molecule has 0 saturated carbocycles. The highest BCUT2D eigenvalue weighted by atomic mass is 35.5. The van der Waals surface area contributed by atoms with E-state index >= 15 is 0 Å². The Hall–Kier alpha value is -1.52. The molecule has 0 radical (unpaired) electrons. The van der Waals surface area contributed by atoms with Crippen molar-refractivity contribution in [2.75, 3.05) is 19.6 Å². The van der Waals surface area contributed by atoms with Crippen LogP contribution in [0.3, 0.4) is 0 Å². The fourth-order valence-electron chi connectivity index (χ4n) is 3.03. The lowest BCUT2D eigenvalue weighted by Crippen LogP contribution is -2.40. The van der Waals surface area contributed by atoms with Crippen LogP contribution < -0.4 is 5.73 Å². The molecule has 2 aromatic rings. The van der Waals surface area contributed by atoms with Crippen LogP contribution in [0.1, 0.15) is 29.6 Å². The van der Waals surface area contributed by atoms with Crippen LogP contribution in [0.2, 0.25) is 0 Å². The highest BCUT2D eigenvalue weighted by Gasteiger charge is 2.25. The van der Waals surface area contributed by atoms with E-state index < -0.39 is 0 Å². The highest BCUT2D eigenvalue weighted by molar-refractivity contribution is 6.05. The lowest BCUT2D eigenvalue weighted by atomic mass is 9.94. The number of furan rings is 1. The molecular weight excluding hydrogens is 288 g/mol. The molecule has 1 aliphatic rings. The Morgan fingerprint density at radius 1 is 1.38 bits per heavy atom. The summed E-state index contributed by atoms with van der Waals surface area (Å²) in [4.78, 5) is 14.6. The maximum Gasteiger partial charge on any atom is 0.257 e. The van der Waals surface area contributed by atoms with E-state index in [1.807, 2.05) is 29.2 Å². The molecule has 5 heteroatoms. The maximum atomic E-state index is 12.7. The van der Waals surface area contributed by atoms with E-state index in [1.165, 1.54) is 6.42 Å². The Kier molecular flexibility index (Phi) is 5.26. The fourth-order valence-corrected chi connectivity index (χ4v) is 3.03. The highest BCUT2D eigenvalue weighted by Crippen LogP contribution is 2.25. The summed E-state index contributed by atoms with van der Waals surface area (Å²) in [5.74, 6) is 0.618. The molecule has 3 rings (SSSR count). The number of amides is 1. The zero-order valence-electron chi connectivity index (χ0n) is 12.0. The van der Waals surface area contributed by atoms with Crippen molar-refractivity contribution in [2.45, 2.75) is 19.3 Å². The SMILES string of the molecule is Cl.NCCC1CCCN(C(=O)c2coc3ccccc23)C1. The summed E-state index contributed by atoms with van der Waals surface area (Å²) < 4.78 is 5.47. The summed E-state index contributed by atoms with van der Waals surface area (Å²) in [5, 5.41) is 0.901. The van der Waals surface area contributed by atoms with Crippen LogP contribution in [0.15, 0.2) is 34.9 Å². The third kappa shape index (κ3) is 3.22. The van der Waals surface area contributed by atoms with Gasteiger partial charge in [0.25, 0.3) is 5.91 Å². The third-order valence-electron chi connectivity index (χ3n) is 4.09. The molecule has 1 unspecified atom stereocenters. The van der Waals surface area contributed by atoms with E-state index in [1.54, 1.807) is 6.26 Å². The maximum absolute atomic E-state index is 12.7. The summed E-state index contributed by atoms with van der Waals surface area (Å²) in [6.07, 6.45) is 4.81. The molecule has 4 nitrogen and oxygen atoms in total. The van der Waals surface area contributed by atoms with Gasteiger partial charge in [0.15, 0.2) is 0 Å². The van der Waals surface area contributed by atoms with Gasteiger partial charge in [-0.15, -0.1) is 12.4 Å². The van der Waals surface area contributed by atoms with E-state index in [2.05, 4.69) is 0 Å². The first-order valence-electron chi connectivity index (χ1n) is 7.25. The molecule has 1 atom stereocenters. The smallest absolute Gasteiger partial charge is 0.257 e. The number of carbonyl (C=O) groups is 1. The lowest BCUT2D eigenvalue weighted by Gasteiger charge is -2.32. The van der Waals surface area contributed by atoms with Crippen molar-refractivity contribution < 1.29 is 9.21 Å². The predicted molar refractivity (Wildman–Crippen MR) is 85.8 cm³/mol. The molecule has 0 aliphatic carbocycles. The Morgan fingerprint density at radius 2 is 2.19 bits per heavy atom. The second-order valence-corrected chi connectivity index (χ2v) is 5.48. The zero-order valence-corrected chi connectivity index (χ0v) is 12.8. The molecule has 1 aromatic heterocycles.